The number of nitrogens with zero attached hydrogens (tertiary/aromatic N) is 3. The fourth-order valence-electron chi connectivity index (χ4n) is 1.96. The number of anilines is 1. The van der Waals surface area contributed by atoms with Crippen molar-refractivity contribution in [1.82, 2.24) is 4.98 Å². The molecular weight excluding hydrogens is 202 g/mol. The predicted octanol–water partition coefficient (Wildman–Crippen LogP) is 2.05. The maximum absolute atomic E-state index is 4.65. The molecule has 0 saturated carbocycles. The summed E-state index contributed by atoms with van der Waals surface area (Å²) in [6, 6.07) is 4.10. The molecule has 0 unspecified atom stereocenters. The topological polar surface area (TPSA) is 37.7 Å². The van der Waals surface area contributed by atoms with Crippen LogP contribution in [0.4, 0.5) is 5.69 Å². The zero-order valence-corrected chi connectivity index (χ0v) is 9.59. The Morgan fingerprint density at radius 2 is 2.19 bits per heavy atom. The van der Waals surface area contributed by atoms with Crippen LogP contribution in [0.15, 0.2) is 23.5 Å². The van der Waals surface area contributed by atoms with Crippen molar-refractivity contribution in [2.24, 2.45) is 5.16 Å². The number of pyridine rings is 1. The van der Waals surface area contributed by atoms with Gasteiger partial charge in [-0.15, -0.1) is 0 Å². The van der Waals surface area contributed by atoms with Crippen molar-refractivity contribution in [3.05, 3.63) is 24.0 Å². The first-order valence-corrected chi connectivity index (χ1v) is 5.67. The summed E-state index contributed by atoms with van der Waals surface area (Å²) in [5, 5.41) is 3.72. The van der Waals surface area contributed by atoms with Crippen LogP contribution in [-0.4, -0.2) is 31.4 Å². The van der Waals surface area contributed by atoms with Gasteiger partial charge < -0.3 is 9.74 Å². The molecule has 0 N–H and O–H groups in total. The molecule has 1 aromatic heterocycles. The SMILES string of the molecule is CON=Cc1cc(N2CCCCC2)ccn1. The lowest BCUT2D eigenvalue weighted by Gasteiger charge is -2.28. The Bertz CT molecular complexity index is 359. The summed E-state index contributed by atoms with van der Waals surface area (Å²) in [7, 11) is 1.53. The van der Waals surface area contributed by atoms with E-state index >= 15 is 0 Å². The largest absolute Gasteiger partial charge is 0.399 e. The van der Waals surface area contributed by atoms with Crippen molar-refractivity contribution in [3.63, 3.8) is 0 Å². The Balaban J connectivity index is 2.11. The van der Waals surface area contributed by atoms with Gasteiger partial charge in [0.15, 0.2) is 0 Å². The third kappa shape index (κ3) is 2.72. The molecule has 4 nitrogen and oxygen atoms in total. The lowest BCUT2D eigenvalue weighted by Crippen LogP contribution is -2.29. The lowest BCUT2D eigenvalue weighted by molar-refractivity contribution is 0.215. The second kappa shape index (κ2) is 5.49. The number of hydrogen-bond acceptors (Lipinski definition) is 4. The molecule has 1 aliphatic rings. The van der Waals surface area contributed by atoms with Gasteiger partial charge in [-0.3, -0.25) is 4.98 Å². The molecule has 1 aromatic rings. The molecule has 0 amide bonds. The molecule has 4 heteroatoms. The molecule has 16 heavy (non-hydrogen) atoms. The molecule has 0 aromatic carbocycles. The van der Waals surface area contributed by atoms with E-state index in [1.165, 1.54) is 32.1 Å². The van der Waals surface area contributed by atoms with Gasteiger partial charge in [0.2, 0.25) is 0 Å². The van der Waals surface area contributed by atoms with Gasteiger partial charge in [0.1, 0.15) is 7.11 Å². The van der Waals surface area contributed by atoms with E-state index in [4.69, 9.17) is 0 Å². The first-order valence-electron chi connectivity index (χ1n) is 5.67. The fraction of sp³-hybridized carbons (Fsp3) is 0.500. The Morgan fingerprint density at radius 1 is 1.38 bits per heavy atom. The molecule has 2 heterocycles. The maximum atomic E-state index is 4.65. The molecule has 1 aliphatic heterocycles. The van der Waals surface area contributed by atoms with Gasteiger partial charge in [-0.2, -0.15) is 0 Å². The van der Waals surface area contributed by atoms with Crippen LogP contribution in [0.2, 0.25) is 0 Å². The van der Waals surface area contributed by atoms with Crippen molar-refractivity contribution in [3.8, 4) is 0 Å². The van der Waals surface area contributed by atoms with Crippen LogP contribution in [0.25, 0.3) is 0 Å². The Kier molecular flexibility index (Phi) is 3.75. The molecule has 86 valence electrons. The number of hydrogen-bond donors (Lipinski definition) is 0. The summed E-state index contributed by atoms with van der Waals surface area (Å²) in [4.78, 5) is 11.3. The molecule has 0 bridgehead atoms. The zero-order chi connectivity index (χ0) is 11.2. The molecule has 1 fully saturated rings. The minimum absolute atomic E-state index is 0.838. The highest BCUT2D eigenvalue weighted by Gasteiger charge is 2.10. The van der Waals surface area contributed by atoms with Crippen LogP contribution in [0.3, 0.4) is 0 Å². The summed E-state index contributed by atoms with van der Waals surface area (Å²) in [6.45, 7) is 2.29. The predicted molar refractivity (Wildman–Crippen MR) is 64.9 cm³/mol. The van der Waals surface area contributed by atoms with Crippen LogP contribution in [-0.2, 0) is 4.84 Å². The first kappa shape index (κ1) is 10.9. The number of aromatic nitrogens is 1. The summed E-state index contributed by atoms with van der Waals surface area (Å²) < 4.78 is 0. The standard InChI is InChI=1S/C12H17N3O/c1-16-14-10-11-9-12(5-6-13-11)15-7-3-2-4-8-15/h5-6,9-10H,2-4,7-8H2,1H3. The van der Waals surface area contributed by atoms with E-state index in [1.54, 1.807) is 6.21 Å². The third-order valence-corrected chi connectivity index (χ3v) is 2.78. The Labute approximate surface area is 95.9 Å². The molecule has 2 rings (SSSR count). The van der Waals surface area contributed by atoms with E-state index in [-0.39, 0.29) is 0 Å². The highest BCUT2D eigenvalue weighted by Crippen LogP contribution is 2.19. The molecule has 1 saturated heterocycles. The Morgan fingerprint density at radius 3 is 2.94 bits per heavy atom. The van der Waals surface area contributed by atoms with Gasteiger partial charge >= 0.3 is 0 Å². The monoisotopic (exact) mass is 219 g/mol. The summed E-state index contributed by atoms with van der Waals surface area (Å²) >= 11 is 0. The van der Waals surface area contributed by atoms with Gasteiger partial charge in [-0.1, -0.05) is 5.16 Å². The Hall–Kier alpha value is -1.58. The van der Waals surface area contributed by atoms with E-state index in [9.17, 15) is 0 Å². The highest BCUT2D eigenvalue weighted by molar-refractivity contribution is 5.78. The van der Waals surface area contributed by atoms with Crippen LogP contribution < -0.4 is 4.90 Å². The van der Waals surface area contributed by atoms with Gasteiger partial charge in [0.25, 0.3) is 0 Å². The summed E-state index contributed by atoms with van der Waals surface area (Å²) in [5.74, 6) is 0. The average molecular weight is 219 g/mol. The smallest absolute Gasteiger partial charge is 0.106 e. The van der Waals surface area contributed by atoms with Crippen molar-refractivity contribution >= 4 is 11.9 Å². The van der Waals surface area contributed by atoms with Crippen molar-refractivity contribution in [1.29, 1.82) is 0 Å². The first-order chi connectivity index (χ1) is 7.90. The van der Waals surface area contributed by atoms with Crippen molar-refractivity contribution in [2.45, 2.75) is 19.3 Å². The van der Waals surface area contributed by atoms with Gasteiger partial charge in [0.05, 0.1) is 11.9 Å². The van der Waals surface area contributed by atoms with Crippen molar-refractivity contribution in [2.75, 3.05) is 25.1 Å². The van der Waals surface area contributed by atoms with Gasteiger partial charge in [-0.05, 0) is 31.4 Å². The zero-order valence-electron chi connectivity index (χ0n) is 9.59. The summed E-state index contributed by atoms with van der Waals surface area (Å²) in [6.07, 6.45) is 7.36. The molecule has 0 atom stereocenters. The lowest BCUT2D eigenvalue weighted by atomic mass is 10.1. The minimum Gasteiger partial charge on any atom is -0.399 e. The van der Waals surface area contributed by atoms with Crippen LogP contribution in [0, 0.1) is 0 Å². The van der Waals surface area contributed by atoms with Crippen LogP contribution in [0.1, 0.15) is 25.0 Å². The van der Waals surface area contributed by atoms with Gasteiger partial charge in [0, 0.05) is 25.0 Å². The number of piperidine rings is 1. The molecule has 0 spiro atoms. The number of oxime groups is 1. The van der Waals surface area contributed by atoms with Crippen LogP contribution in [0.5, 0.6) is 0 Å². The van der Waals surface area contributed by atoms with Crippen LogP contribution >= 0.6 is 0 Å². The van der Waals surface area contributed by atoms with E-state index in [1.807, 2.05) is 12.3 Å². The molecule has 0 radical (unpaired) electrons. The third-order valence-electron chi connectivity index (χ3n) is 2.78. The van der Waals surface area contributed by atoms with E-state index in [0.717, 1.165) is 18.8 Å². The summed E-state index contributed by atoms with van der Waals surface area (Å²) in [5.41, 5.74) is 2.07. The normalized spacial score (nSPS) is 16.7. The van der Waals surface area contributed by atoms with E-state index in [2.05, 4.69) is 25.9 Å². The number of rotatable bonds is 3. The van der Waals surface area contributed by atoms with E-state index in [0.29, 0.717) is 0 Å². The van der Waals surface area contributed by atoms with Crippen molar-refractivity contribution < 1.29 is 4.84 Å². The second-order valence-corrected chi connectivity index (χ2v) is 3.90. The maximum Gasteiger partial charge on any atom is 0.106 e. The van der Waals surface area contributed by atoms with Gasteiger partial charge in [-0.25, -0.2) is 0 Å². The highest BCUT2D eigenvalue weighted by atomic mass is 16.6. The average Bonchev–Trinajstić information content (AvgIpc) is 2.38. The quantitative estimate of drug-likeness (QED) is 0.577. The fourth-order valence-corrected chi connectivity index (χ4v) is 1.96. The second-order valence-electron chi connectivity index (χ2n) is 3.90. The minimum atomic E-state index is 0.838. The van der Waals surface area contributed by atoms with E-state index < -0.39 is 0 Å². The molecule has 0 aliphatic carbocycles. The molecular formula is C12H17N3O.